The van der Waals surface area contributed by atoms with Crippen LogP contribution in [0.3, 0.4) is 0 Å². The maximum atomic E-state index is 12.5. The average Bonchev–Trinajstić information content (AvgIpc) is 3.06. The smallest absolute Gasteiger partial charge is 0.267 e. The van der Waals surface area contributed by atoms with Crippen LogP contribution in [0, 0.1) is 0 Å². The Morgan fingerprint density at radius 2 is 0.939 bits per heavy atom. The fourth-order valence-corrected chi connectivity index (χ4v) is 6.36. The largest absolute Gasteiger partial charge is 0.387 e. The molecule has 0 bridgehead atoms. The van der Waals surface area contributed by atoms with Crippen molar-refractivity contribution in [1.29, 1.82) is 0 Å². The first kappa shape index (κ1) is 47.0. The maximum Gasteiger partial charge on any atom is 0.267 e. The quantitative estimate of drug-likeness (QED) is 0.0346. The zero-order valence-corrected chi connectivity index (χ0v) is 32.4. The van der Waals surface area contributed by atoms with Crippen molar-refractivity contribution in [2.24, 2.45) is 0 Å². The summed E-state index contributed by atoms with van der Waals surface area (Å²) in [7, 11) is -4.36. The van der Waals surface area contributed by atoms with Gasteiger partial charge in [-0.05, 0) is 77.0 Å². The molecule has 0 aliphatic heterocycles. The second-order valence-corrected chi connectivity index (χ2v) is 15.0. The minimum atomic E-state index is -4.36. The molecule has 0 heterocycles. The van der Waals surface area contributed by atoms with Gasteiger partial charge in [0.1, 0.15) is 0 Å². The predicted octanol–water partition coefficient (Wildman–Crippen LogP) is 11.7. The van der Waals surface area contributed by atoms with Gasteiger partial charge in [0.05, 0.1) is 17.9 Å². The summed E-state index contributed by atoms with van der Waals surface area (Å²) in [5.41, 5.74) is 0. The van der Waals surface area contributed by atoms with Crippen molar-refractivity contribution in [1.82, 2.24) is 5.32 Å². The van der Waals surface area contributed by atoms with Crippen LogP contribution in [0.25, 0.3) is 0 Å². The molecule has 0 aliphatic rings. The summed E-state index contributed by atoms with van der Waals surface area (Å²) < 4.78 is 32.4. The summed E-state index contributed by atoms with van der Waals surface area (Å²) in [4.78, 5) is 12.5. The Labute approximate surface area is 302 Å². The topological polar surface area (TPSA) is 104 Å². The average molecular weight is 706 g/mol. The van der Waals surface area contributed by atoms with E-state index in [1.807, 2.05) is 0 Å². The Bertz CT molecular complexity index is 999. The van der Waals surface area contributed by atoms with E-state index in [2.05, 4.69) is 67.8 Å². The highest BCUT2D eigenvalue weighted by Crippen LogP contribution is 2.13. The minimum Gasteiger partial charge on any atom is -0.387 e. The first-order valence-corrected chi connectivity index (χ1v) is 21.6. The van der Waals surface area contributed by atoms with Gasteiger partial charge in [0.2, 0.25) is 5.91 Å². The molecule has 0 spiro atoms. The number of hydrogen-bond acceptors (Lipinski definition) is 4. The van der Waals surface area contributed by atoms with E-state index in [-0.39, 0.29) is 12.3 Å². The number of amides is 1. The van der Waals surface area contributed by atoms with Crippen LogP contribution in [0.4, 0.5) is 0 Å². The highest BCUT2D eigenvalue weighted by Gasteiger charge is 2.24. The Morgan fingerprint density at radius 1 is 0.551 bits per heavy atom. The number of carbonyl (C=O) groups excluding carboxylic acids is 1. The van der Waals surface area contributed by atoms with E-state index in [1.54, 1.807) is 6.08 Å². The molecule has 0 rings (SSSR count). The molecule has 49 heavy (non-hydrogen) atoms. The molecule has 1 amide bonds. The molecule has 3 N–H and O–H groups in total. The lowest BCUT2D eigenvalue weighted by atomic mass is 10.1. The zero-order chi connectivity index (χ0) is 36.1. The summed E-state index contributed by atoms with van der Waals surface area (Å²) in [6.45, 7) is 4.47. The van der Waals surface area contributed by atoms with Crippen LogP contribution >= 0.6 is 0 Å². The van der Waals surface area contributed by atoms with Gasteiger partial charge >= 0.3 is 0 Å². The first-order chi connectivity index (χ1) is 23.8. The van der Waals surface area contributed by atoms with E-state index in [9.17, 15) is 22.9 Å². The summed E-state index contributed by atoms with van der Waals surface area (Å²) in [5.74, 6) is -1.02. The summed E-state index contributed by atoms with van der Waals surface area (Å²) in [5, 5.41) is 13.2. The number of unbranched alkanes of at least 4 members (excludes halogenated alkanes) is 19. The van der Waals surface area contributed by atoms with Crippen LogP contribution in [0.5, 0.6) is 0 Å². The van der Waals surface area contributed by atoms with Gasteiger partial charge in [0.25, 0.3) is 10.1 Å². The predicted molar refractivity (Wildman–Crippen MR) is 211 cm³/mol. The lowest BCUT2D eigenvalue weighted by Crippen LogP contribution is -2.46. The third-order valence-electron chi connectivity index (χ3n) is 8.64. The highest BCUT2D eigenvalue weighted by molar-refractivity contribution is 7.85. The van der Waals surface area contributed by atoms with E-state index in [4.69, 9.17) is 0 Å². The van der Waals surface area contributed by atoms with Gasteiger partial charge in [-0.3, -0.25) is 9.35 Å². The van der Waals surface area contributed by atoms with Gasteiger partial charge in [-0.2, -0.15) is 8.42 Å². The summed E-state index contributed by atoms with van der Waals surface area (Å²) in [6.07, 6.45) is 49.1. The third-order valence-corrected chi connectivity index (χ3v) is 9.42. The molecule has 0 aromatic carbocycles. The van der Waals surface area contributed by atoms with Crippen LogP contribution < -0.4 is 5.32 Å². The molecule has 6 nitrogen and oxygen atoms in total. The molecule has 0 radical (unpaired) electrons. The molecular weight excluding hydrogens is 631 g/mol. The van der Waals surface area contributed by atoms with Crippen LogP contribution in [0.1, 0.15) is 181 Å². The van der Waals surface area contributed by atoms with Gasteiger partial charge in [-0.25, -0.2) is 0 Å². The zero-order valence-electron chi connectivity index (χ0n) is 31.5. The van der Waals surface area contributed by atoms with Gasteiger partial charge in [0, 0.05) is 6.42 Å². The number of aliphatic hydroxyl groups excluding tert-OH is 1. The van der Waals surface area contributed by atoms with E-state index in [1.165, 1.54) is 102 Å². The molecule has 0 aliphatic carbocycles. The van der Waals surface area contributed by atoms with Crippen molar-refractivity contribution >= 4 is 16.0 Å². The maximum absolute atomic E-state index is 12.5. The molecule has 0 aromatic rings. The van der Waals surface area contributed by atoms with Crippen molar-refractivity contribution in [3.8, 4) is 0 Å². The molecule has 0 fully saturated rings. The lowest BCUT2D eigenvalue weighted by Gasteiger charge is -2.21. The van der Waals surface area contributed by atoms with Crippen LogP contribution in [0.15, 0.2) is 60.8 Å². The molecule has 7 heteroatoms. The van der Waals surface area contributed by atoms with E-state index in [0.717, 1.165) is 57.8 Å². The van der Waals surface area contributed by atoms with Crippen molar-refractivity contribution < 1.29 is 22.9 Å². The minimum absolute atomic E-state index is 0.277. The first-order valence-electron chi connectivity index (χ1n) is 20.0. The molecule has 0 saturated heterocycles. The Hall–Kier alpha value is -1.96. The lowest BCUT2D eigenvalue weighted by molar-refractivity contribution is -0.122. The second-order valence-electron chi connectivity index (χ2n) is 13.5. The summed E-state index contributed by atoms with van der Waals surface area (Å²) >= 11 is 0. The Morgan fingerprint density at radius 3 is 1.45 bits per heavy atom. The number of allylic oxidation sites excluding steroid dienone is 9. The number of nitrogens with one attached hydrogen (secondary N) is 1. The standard InChI is InChI=1S/C42H75NO5S/c1-3-5-7-9-11-13-15-17-19-20-21-22-24-26-28-30-32-34-36-38-42(45)43-40(39-49(46,47)48)41(44)37-35-33-31-29-27-25-23-18-16-14-12-10-8-6-4-2/h11,13,16-19,27,29,35,37,40-41,44H,3-10,12,14-15,20-26,28,30-34,36,38-39H2,1-2H3,(H,43,45)(H,46,47,48)/b13-11-,18-16+,19-17-,29-27+,37-35+. The van der Waals surface area contributed by atoms with Crippen molar-refractivity contribution in [2.75, 3.05) is 5.75 Å². The van der Waals surface area contributed by atoms with E-state index < -0.39 is 28.0 Å². The van der Waals surface area contributed by atoms with Crippen molar-refractivity contribution in [2.45, 2.75) is 193 Å². The fourth-order valence-electron chi connectivity index (χ4n) is 5.63. The summed E-state index contributed by atoms with van der Waals surface area (Å²) in [6, 6.07) is -1.08. The third kappa shape index (κ3) is 37.1. The number of rotatable bonds is 35. The number of carbonyl (C=O) groups is 1. The van der Waals surface area contributed by atoms with Crippen LogP contribution in [-0.4, -0.2) is 41.9 Å². The van der Waals surface area contributed by atoms with Gasteiger partial charge in [-0.15, -0.1) is 0 Å². The molecule has 2 unspecified atom stereocenters. The molecule has 2 atom stereocenters. The normalized spacial score (nSPS) is 14.0. The van der Waals surface area contributed by atoms with Gasteiger partial charge < -0.3 is 10.4 Å². The van der Waals surface area contributed by atoms with Gasteiger partial charge in [0.15, 0.2) is 0 Å². The van der Waals surface area contributed by atoms with Gasteiger partial charge in [-0.1, -0.05) is 158 Å². The number of hydrogen-bond donors (Lipinski definition) is 3. The SMILES string of the molecule is CCCCC/C=C\C/C=C\CCCCCCCCCCCC(=O)NC(CS(=O)(=O)O)C(O)/C=C/CC/C=C/CC/C=C/CCCCCCC. The molecule has 0 saturated carbocycles. The van der Waals surface area contributed by atoms with Crippen LogP contribution in [0.2, 0.25) is 0 Å². The Kier molecular flexibility index (Phi) is 34.4. The van der Waals surface area contributed by atoms with E-state index >= 15 is 0 Å². The Balaban J connectivity index is 4.01. The van der Waals surface area contributed by atoms with Crippen molar-refractivity contribution in [3.63, 3.8) is 0 Å². The molecule has 0 aromatic heterocycles. The highest BCUT2D eigenvalue weighted by atomic mass is 32.2. The van der Waals surface area contributed by atoms with E-state index in [0.29, 0.717) is 6.42 Å². The second kappa shape index (κ2) is 35.9. The monoisotopic (exact) mass is 706 g/mol. The molecule has 284 valence electrons. The molecular formula is C42H75NO5S. The van der Waals surface area contributed by atoms with Crippen molar-refractivity contribution in [3.05, 3.63) is 60.8 Å². The number of aliphatic hydroxyl groups is 1. The fraction of sp³-hybridized carbons (Fsp3) is 0.738. The van der Waals surface area contributed by atoms with Crippen LogP contribution in [-0.2, 0) is 14.9 Å².